The number of likely N-dealkylation sites (N-methyl/N-ethyl adjacent to an activating group) is 1. The summed E-state index contributed by atoms with van der Waals surface area (Å²) < 4.78 is 40.2. The van der Waals surface area contributed by atoms with Crippen LogP contribution in [0.5, 0.6) is 0 Å². The Morgan fingerprint density at radius 2 is 1.79 bits per heavy atom. The summed E-state index contributed by atoms with van der Waals surface area (Å²) >= 11 is 5.18. The second kappa shape index (κ2) is 8.16. The molecule has 0 amide bonds. The molecule has 3 atom stereocenters. The second-order valence-electron chi connectivity index (χ2n) is 6.43. The van der Waals surface area contributed by atoms with Gasteiger partial charge in [-0.15, -0.1) is 0 Å². The second-order valence-corrected chi connectivity index (χ2v) is 6.83. The first-order valence-corrected chi connectivity index (χ1v) is 8.55. The van der Waals surface area contributed by atoms with Crippen LogP contribution in [0.4, 0.5) is 13.2 Å². The molecular formula is C17H24F3N3S. The molecule has 2 N–H and O–H groups in total. The summed E-state index contributed by atoms with van der Waals surface area (Å²) in [6, 6.07) is 6.33. The molecule has 24 heavy (non-hydrogen) atoms. The predicted octanol–water partition coefficient (Wildman–Crippen LogP) is 3.63. The molecular weight excluding hydrogens is 335 g/mol. The van der Waals surface area contributed by atoms with Gasteiger partial charge in [0.05, 0.1) is 0 Å². The van der Waals surface area contributed by atoms with Crippen molar-refractivity contribution in [1.29, 1.82) is 0 Å². The number of benzene rings is 1. The smallest absolute Gasteiger partial charge is 0.358 e. The van der Waals surface area contributed by atoms with Crippen molar-refractivity contribution in [3.8, 4) is 0 Å². The van der Waals surface area contributed by atoms with Crippen molar-refractivity contribution in [2.45, 2.75) is 50.0 Å². The minimum absolute atomic E-state index is 0.0555. The minimum Gasteiger partial charge on any atom is -0.358 e. The van der Waals surface area contributed by atoms with Crippen molar-refractivity contribution in [2.75, 3.05) is 14.1 Å². The van der Waals surface area contributed by atoms with Gasteiger partial charge in [-0.1, -0.05) is 43.2 Å². The van der Waals surface area contributed by atoms with Gasteiger partial charge in [0.2, 0.25) is 0 Å². The molecule has 0 saturated heterocycles. The lowest BCUT2D eigenvalue weighted by atomic mass is 9.89. The molecule has 0 bridgehead atoms. The monoisotopic (exact) mass is 359 g/mol. The van der Waals surface area contributed by atoms with E-state index in [0.29, 0.717) is 0 Å². The predicted molar refractivity (Wildman–Crippen MR) is 93.8 cm³/mol. The average Bonchev–Trinajstić information content (AvgIpc) is 2.52. The van der Waals surface area contributed by atoms with Gasteiger partial charge in [0.15, 0.2) is 5.11 Å². The summed E-state index contributed by atoms with van der Waals surface area (Å²) in [6.07, 6.45) is -0.287. The zero-order chi connectivity index (χ0) is 17.7. The van der Waals surface area contributed by atoms with E-state index in [1.807, 2.05) is 14.1 Å². The van der Waals surface area contributed by atoms with E-state index in [0.717, 1.165) is 25.7 Å². The Morgan fingerprint density at radius 1 is 1.17 bits per heavy atom. The highest BCUT2D eigenvalue weighted by molar-refractivity contribution is 7.80. The van der Waals surface area contributed by atoms with Crippen LogP contribution in [-0.2, 0) is 0 Å². The molecule has 1 fully saturated rings. The van der Waals surface area contributed by atoms with Gasteiger partial charge in [0, 0.05) is 12.1 Å². The molecule has 0 aromatic heterocycles. The molecule has 7 heteroatoms. The van der Waals surface area contributed by atoms with Crippen LogP contribution in [0.3, 0.4) is 0 Å². The Bertz CT molecular complexity index is 534. The van der Waals surface area contributed by atoms with Gasteiger partial charge in [-0.3, -0.25) is 0 Å². The third-order valence-corrected chi connectivity index (χ3v) is 4.68. The number of hydrogen-bond acceptors (Lipinski definition) is 2. The third-order valence-electron chi connectivity index (χ3n) is 4.44. The lowest BCUT2D eigenvalue weighted by Gasteiger charge is -2.37. The van der Waals surface area contributed by atoms with E-state index < -0.39 is 12.2 Å². The zero-order valence-electron chi connectivity index (χ0n) is 13.9. The fourth-order valence-corrected chi connectivity index (χ4v) is 3.51. The van der Waals surface area contributed by atoms with Crippen molar-refractivity contribution in [3.05, 3.63) is 35.9 Å². The first-order valence-electron chi connectivity index (χ1n) is 8.14. The molecule has 1 aliphatic rings. The quantitative estimate of drug-likeness (QED) is 0.803. The first-order chi connectivity index (χ1) is 11.3. The molecule has 0 radical (unpaired) electrons. The van der Waals surface area contributed by atoms with Crippen LogP contribution in [0.25, 0.3) is 0 Å². The highest BCUT2D eigenvalue weighted by atomic mass is 32.1. The maximum absolute atomic E-state index is 13.4. The number of hydrogen-bond donors (Lipinski definition) is 2. The molecule has 0 unspecified atom stereocenters. The minimum atomic E-state index is -4.42. The van der Waals surface area contributed by atoms with Crippen LogP contribution in [-0.4, -0.2) is 42.4 Å². The Hall–Kier alpha value is -1.34. The van der Waals surface area contributed by atoms with Crippen LogP contribution in [0, 0.1) is 0 Å². The Kier molecular flexibility index (Phi) is 6.46. The van der Waals surface area contributed by atoms with Crippen molar-refractivity contribution < 1.29 is 13.2 Å². The summed E-state index contributed by atoms with van der Waals surface area (Å²) in [5.41, 5.74) is 0.155. The van der Waals surface area contributed by atoms with Gasteiger partial charge in [-0.2, -0.15) is 13.2 Å². The Labute approximate surface area is 146 Å². The molecule has 1 aliphatic carbocycles. The summed E-state index contributed by atoms with van der Waals surface area (Å²) in [5, 5.41) is 5.61. The van der Waals surface area contributed by atoms with E-state index in [1.54, 1.807) is 18.2 Å². The standard InChI is InChI=1S/C17H24F3N3S/c1-23(2)14-11-7-6-10-13(14)21-16(24)22-15(17(18,19)20)12-8-4-3-5-9-12/h3-5,8-9,13-15H,6-7,10-11H2,1-2H3,(H2,21,22,24)/t13-,14-,15+/m0/s1. The van der Waals surface area contributed by atoms with Crippen molar-refractivity contribution >= 4 is 17.3 Å². The van der Waals surface area contributed by atoms with E-state index in [2.05, 4.69) is 15.5 Å². The molecule has 0 heterocycles. The SMILES string of the molecule is CN(C)[C@H]1CCCC[C@@H]1NC(=S)N[C@H](c1ccccc1)C(F)(F)F. The number of rotatable bonds is 4. The third kappa shape index (κ3) is 5.08. The van der Waals surface area contributed by atoms with Gasteiger partial charge in [0.1, 0.15) is 6.04 Å². The van der Waals surface area contributed by atoms with Crippen LogP contribution in [0.1, 0.15) is 37.3 Å². The summed E-state index contributed by atoms with van der Waals surface area (Å²) in [4.78, 5) is 2.11. The van der Waals surface area contributed by atoms with Crippen molar-refractivity contribution in [2.24, 2.45) is 0 Å². The lowest BCUT2D eigenvalue weighted by Crippen LogP contribution is -2.54. The number of thiocarbonyl (C=S) groups is 1. The van der Waals surface area contributed by atoms with Gasteiger partial charge in [-0.05, 0) is 44.7 Å². The lowest BCUT2D eigenvalue weighted by molar-refractivity contribution is -0.154. The van der Waals surface area contributed by atoms with Crippen LogP contribution < -0.4 is 10.6 Å². The number of nitrogens with zero attached hydrogens (tertiary/aromatic N) is 1. The Morgan fingerprint density at radius 3 is 2.38 bits per heavy atom. The molecule has 0 spiro atoms. The molecule has 1 aromatic carbocycles. The van der Waals surface area contributed by atoms with Gasteiger partial charge >= 0.3 is 6.18 Å². The van der Waals surface area contributed by atoms with E-state index in [4.69, 9.17) is 12.2 Å². The van der Waals surface area contributed by atoms with Crippen LogP contribution >= 0.6 is 12.2 Å². The molecule has 1 aromatic rings. The van der Waals surface area contributed by atoms with E-state index in [1.165, 1.54) is 12.1 Å². The number of halogens is 3. The maximum atomic E-state index is 13.4. The highest BCUT2D eigenvalue weighted by Gasteiger charge is 2.41. The van der Waals surface area contributed by atoms with Crippen LogP contribution in [0.15, 0.2) is 30.3 Å². The fourth-order valence-electron chi connectivity index (χ4n) is 3.24. The van der Waals surface area contributed by atoms with Gasteiger partial charge < -0.3 is 15.5 Å². The van der Waals surface area contributed by atoms with Crippen molar-refractivity contribution in [3.63, 3.8) is 0 Å². The van der Waals surface area contributed by atoms with Gasteiger partial charge in [-0.25, -0.2) is 0 Å². The zero-order valence-corrected chi connectivity index (χ0v) is 14.8. The summed E-state index contributed by atoms with van der Waals surface area (Å²) in [5.74, 6) is 0. The fraction of sp³-hybridized carbons (Fsp3) is 0.588. The first kappa shape index (κ1) is 19.0. The van der Waals surface area contributed by atoms with E-state index >= 15 is 0 Å². The highest BCUT2D eigenvalue weighted by Crippen LogP contribution is 2.32. The summed E-state index contributed by atoms with van der Waals surface area (Å²) in [6.45, 7) is 0. The largest absolute Gasteiger partial charge is 0.412 e. The molecule has 3 nitrogen and oxygen atoms in total. The van der Waals surface area contributed by atoms with Crippen LogP contribution in [0.2, 0.25) is 0 Å². The Balaban J connectivity index is 2.05. The maximum Gasteiger partial charge on any atom is 0.412 e. The number of alkyl halides is 3. The van der Waals surface area contributed by atoms with E-state index in [-0.39, 0.29) is 22.8 Å². The molecule has 2 rings (SSSR count). The van der Waals surface area contributed by atoms with Crippen molar-refractivity contribution in [1.82, 2.24) is 15.5 Å². The topological polar surface area (TPSA) is 27.3 Å². The molecule has 0 aliphatic heterocycles. The normalized spacial score (nSPS) is 22.9. The molecule has 134 valence electrons. The summed E-state index contributed by atoms with van der Waals surface area (Å²) in [7, 11) is 3.98. The van der Waals surface area contributed by atoms with E-state index in [9.17, 15) is 13.2 Å². The number of nitrogens with one attached hydrogen (secondary N) is 2. The van der Waals surface area contributed by atoms with Gasteiger partial charge in [0.25, 0.3) is 0 Å². The average molecular weight is 359 g/mol. The molecule has 1 saturated carbocycles.